The SMILES string of the molecule is O=C(NCCc1nc(C(=O)O)cs1)NCc1cncs1. The molecule has 2 rings (SSSR count). The van der Waals surface area contributed by atoms with E-state index < -0.39 is 5.97 Å². The third-order valence-electron chi connectivity index (χ3n) is 2.30. The van der Waals surface area contributed by atoms with Crippen LogP contribution in [0.5, 0.6) is 0 Å². The van der Waals surface area contributed by atoms with Crippen LogP contribution in [0, 0.1) is 0 Å². The minimum atomic E-state index is -1.04. The van der Waals surface area contributed by atoms with Crippen LogP contribution in [0.2, 0.25) is 0 Å². The van der Waals surface area contributed by atoms with Crippen LogP contribution in [0.1, 0.15) is 20.4 Å². The number of thiazole rings is 2. The van der Waals surface area contributed by atoms with Gasteiger partial charge in [-0.15, -0.1) is 22.7 Å². The zero-order valence-electron chi connectivity index (χ0n) is 10.3. The van der Waals surface area contributed by atoms with Crippen molar-refractivity contribution in [1.82, 2.24) is 20.6 Å². The molecule has 2 amide bonds. The van der Waals surface area contributed by atoms with Crippen molar-refractivity contribution in [2.45, 2.75) is 13.0 Å². The highest BCUT2D eigenvalue weighted by atomic mass is 32.1. The van der Waals surface area contributed by atoms with Crippen LogP contribution in [-0.4, -0.2) is 33.6 Å². The molecule has 0 bridgehead atoms. The average molecular weight is 312 g/mol. The van der Waals surface area contributed by atoms with E-state index in [2.05, 4.69) is 20.6 Å². The summed E-state index contributed by atoms with van der Waals surface area (Å²) >= 11 is 2.74. The number of carboxylic acid groups (broad SMARTS) is 1. The molecule has 106 valence electrons. The number of urea groups is 1. The third kappa shape index (κ3) is 4.28. The first-order valence-corrected chi connectivity index (χ1v) is 7.48. The second-order valence-corrected chi connectivity index (χ2v) is 5.67. The van der Waals surface area contributed by atoms with Gasteiger partial charge in [-0.1, -0.05) is 0 Å². The molecule has 9 heteroatoms. The summed E-state index contributed by atoms with van der Waals surface area (Å²) in [6.45, 7) is 0.845. The Balaban J connectivity index is 1.67. The maximum Gasteiger partial charge on any atom is 0.355 e. The summed E-state index contributed by atoms with van der Waals surface area (Å²) in [4.78, 5) is 31.0. The Bertz CT molecular complexity index is 582. The number of amides is 2. The number of carboxylic acids is 1. The standard InChI is InChI=1S/C11H12N4O3S2/c16-10(17)8-5-19-9(15-8)1-2-13-11(18)14-4-7-3-12-6-20-7/h3,5-6H,1-2,4H2,(H,16,17)(H2,13,14,18). The quantitative estimate of drug-likeness (QED) is 0.746. The highest BCUT2D eigenvalue weighted by Crippen LogP contribution is 2.09. The summed E-state index contributed by atoms with van der Waals surface area (Å²) in [7, 11) is 0. The van der Waals surface area contributed by atoms with E-state index in [9.17, 15) is 9.59 Å². The minimum Gasteiger partial charge on any atom is -0.476 e. The van der Waals surface area contributed by atoms with Gasteiger partial charge in [0.1, 0.15) is 0 Å². The van der Waals surface area contributed by atoms with Crippen LogP contribution in [0.3, 0.4) is 0 Å². The molecule has 2 aromatic rings. The Kier molecular flexibility index (Phi) is 5.02. The highest BCUT2D eigenvalue weighted by Gasteiger charge is 2.08. The van der Waals surface area contributed by atoms with Gasteiger partial charge < -0.3 is 15.7 Å². The number of aromatic carboxylic acids is 1. The molecular weight excluding hydrogens is 300 g/mol. The van der Waals surface area contributed by atoms with Gasteiger partial charge in [-0.3, -0.25) is 4.98 Å². The summed E-state index contributed by atoms with van der Waals surface area (Å²) in [6, 6.07) is -0.270. The van der Waals surface area contributed by atoms with Crippen molar-refractivity contribution in [2.24, 2.45) is 0 Å². The largest absolute Gasteiger partial charge is 0.476 e. The van der Waals surface area contributed by atoms with Crippen LogP contribution in [-0.2, 0) is 13.0 Å². The zero-order valence-corrected chi connectivity index (χ0v) is 12.0. The average Bonchev–Trinajstić information content (AvgIpc) is 3.07. The molecule has 2 aromatic heterocycles. The lowest BCUT2D eigenvalue weighted by Crippen LogP contribution is -2.36. The van der Waals surface area contributed by atoms with Gasteiger partial charge in [-0.2, -0.15) is 0 Å². The Morgan fingerprint density at radius 2 is 2.15 bits per heavy atom. The van der Waals surface area contributed by atoms with Crippen molar-refractivity contribution >= 4 is 34.7 Å². The van der Waals surface area contributed by atoms with Crippen molar-refractivity contribution in [3.8, 4) is 0 Å². The molecular formula is C11H12N4O3S2. The summed E-state index contributed by atoms with van der Waals surface area (Å²) in [6.07, 6.45) is 2.21. The van der Waals surface area contributed by atoms with Crippen LogP contribution in [0.4, 0.5) is 4.79 Å². The fourth-order valence-corrected chi connectivity index (χ4v) is 2.67. The molecule has 0 spiro atoms. The van der Waals surface area contributed by atoms with E-state index in [1.807, 2.05) is 0 Å². The Morgan fingerprint density at radius 3 is 2.80 bits per heavy atom. The number of hydrogen-bond acceptors (Lipinski definition) is 6. The van der Waals surface area contributed by atoms with Gasteiger partial charge in [0.05, 0.1) is 17.1 Å². The van der Waals surface area contributed by atoms with E-state index in [0.717, 1.165) is 4.88 Å². The first-order chi connectivity index (χ1) is 9.65. The Hall–Kier alpha value is -2.00. The lowest BCUT2D eigenvalue weighted by molar-refractivity contribution is 0.0691. The predicted octanol–water partition coefficient (Wildman–Crippen LogP) is 1.34. The smallest absolute Gasteiger partial charge is 0.355 e. The maximum atomic E-state index is 11.5. The van der Waals surface area contributed by atoms with Gasteiger partial charge in [-0.05, 0) is 0 Å². The van der Waals surface area contributed by atoms with Crippen molar-refractivity contribution in [1.29, 1.82) is 0 Å². The normalized spacial score (nSPS) is 10.2. The number of nitrogens with zero attached hydrogens (tertiary/aromatic N) is 2. The molecule has 0 unspecified atom stereocenters. The number of nitrogens with one attached hydrogen (secondary N) is 2. The van der Waals surface area contributed by atoms with E-state index in [0.29, 0.717) is 24.5 Å². The van der Waals surface area contributed by atoms with Crippen LogP contribution in [0.25, 0.3) is 0 Å². The summed E-state index contributed by atoms with van der Waals surface area (Å²) in [5, 5.41) is 16.3. The number of carbonyl (C=O) groups is 2. The number of hydrogen-bond donors (Lipinski definition) is 3. The molecule has 2 heterocycles. The fourth-order valence-electron chi connectivity index (χ4n) is 1.37. The van der Waals surface area contributed by atoms with E-state index in [1.165, 1.54) is 28.1 Å². The van der Waals surface area contributed by atoms with Crippen molar-refractivity contribution in [2.75, 3.05) is 6.54 Å². The minimum absolute atomic E-state index is 0.0413. The van der Waals surface area contributed by atoms with Gasteiger partial charge in [0.25, 0.3) is 0 Å². The molecule has 0 aliphatic carbocycles. The Labute approximate surface area is 122 Å². The molecule has 0 aliphatic rings. The van der Waals surface area contributed by atoms with Gasteiger partial charge >= 0.3 is 12.0 Å². The second-order valence-electron chi connectivity index (χ2n) is 3.76. The summed E-state index contributed by atoms with van der Waals surface area (Å²) in [5.41, 5.74) is 1.75. The van der Waals surface area contributed by atoms with Crippen LogP contribution < -0.4 is 10.6 Å². The number of aromatic nitrogens is 2. The fraction of sp³-hybridized carbons (Fsp3) is 0.273. The summed E-state index contributed by atoms with van der Waals surface area (Å²) in [5.74, 6) is -1.04. The highest BCUT2D eigenvalue weighted by molar-refractivity contribution is 7.10. The van der Waals surface area contributed by atoms with Crippen LogP contribution in [0.15, 0.2) is 17.1 Å². The lowest BCUT2D eigenvalue weighted by atomic mass is 10.4. The molecule has 0 aliphatic heterocycles. The third-order valence-corrected chi connectivity index (χ3v) is 3.99. The Morgan fingerprint density at radius 1 is 1.30 bits per heavy atom. The second kappa shape index (κ2) is 6.96. The van der Waals surface area contributed by atoms with Gasteiger partial charge in [0.2, 0.25) is 0 Å². The maximum absolute atomic E-state index is 11.5. The monoisotopic (exact) mass is 312 g/mol. The molecule has 0 radical (unpaired) electrons. The molecule has 0 atom stereocenters. The number of carbonyl (C=O) groups excluding carboxylic acids is 1. The molecule has 0 fully saturated rings. The van der Waals surface area contributed by atoms with Gasteiger partial charge in [0, 0.05) is 29.4 Å². The first kappa shape index (κ1) is 14.4. The molecule has 7 nitrogen and oxygen atoms in total. The zero-order chi connectivity index (χ0) is 14.4. The van der Waals surface area contributed by atoms with E-state index in [-0.39, 0.29) is 11.7 Å². The first-order valence-electron chi connectivity index (χ1n) is 5.72. The lowest BCUT2D eigenvalue weighted by Gasteiger charge is -2.05. The molecule has 0 saturated heterocycles. The van der Waals surface area contributed by atoms with Gasteiger partial charge in [0.15, 0.2) is 5.69 Å². The molecule has 20 heavy (non-hydrogen) atoms. The summed E-state index contributed by atoms with van der Waals surface area (Å²) < 4.78 is 0. The van der Waals surface area contributed by atoms with E-state index in [4.69, 9.17) is 5.11 Å². The van der Waals surface area contributed by atoms with Gasteiger partial charge in [-0.25, -0.2) is 14.6 Å². The van der Waals surface area contributed by atoms with Crippen molar-refractivity contribution in [3.63, 3.8) is 0 Å². The number of rotatable bonds is 6. The van der Waals surface area contributed by atoms with E-state index in [1.54, 1.807) is 11.7 Å². The molecule has 0 aromatic carbocycles. The molecule has 0 saturated carbocycles. The van der Waals surface area contributed by atoms with Crippen molar-refractivity contribution < 1.29 is 14.7 Å². The molecule has 3 N–H and O–H groups in total. The predicted molar refractivity (Wildman–Crippen MR) is 75.1 cm³/mol. The van der Waals surface area contributed by atoms with Crippen molar-refractivity contribution in [3.05, 3.63) is 32.7 Å². The van der Waals surface area contributed by atoms with Crippen LogP contribution >= 0.6 is 22.7 Å². The van der Waals surface area contributed by atoms with E-state index >= 15 is 0 Å². The topological polar surface area (TPSA) is 104 Å².